The molecule has 1 unspecified atom stereocenters. The smallest absolute Gasteiger partial charge is 0.0756 e. The van der Waals surface area contributed by atoms with Crippen LogP contribution in [0.5, 0.6) is 0 Å². The Labute approximate surface area is 122 Å². The van der Waals surface area contributed by atoms with Gasteiger partial charge in [-0.2, -0.15) is 0 Å². The molecule has 110 valence electrons. The summed E-state index contributed by atoms with van der Waals surface area (Å²) in [5, 5.41) is 11.4. The molecule has 0 heterocycles. The largest absolute Gasteiger partial charge is 0.389 e. The minimum Gasteiger partial charge on any atom is -0.389 e. The van der Waals surface area contributed by atoms with Gasteiger partial charge in [0.05, 0.1) is 5.60 Å². The van der Waals surface area contributed by atoms with Crippen LogP contribution < -0.4 is 5.73 Å². The van der Waals surface area contributed by atoms with Crippen molar-refractivity contribution in [2.75, 3.05) is 6.54 Å². The summed E-state index contributed by atoms with van der Waals surface area (Å²) < 4.78 is 0. The Bertz CT molecular complexity index is 476. The number of hydrogen-bond acceptors (Lipinski definition) is 2. The third-order valence-corrected chi connectivity index (χ3v) is 6.10. The second-order valence-electron chi connectivity index (χ2n) is 6.83. The van der Waals surface area contributed by atoms with Gasteiger partial charge in [-0.1, -0.05) is 37.6 Å². The Morgan fingerprint density at radius 2 is 1.90 bits per heavy atom. The van der Waals surface area contributed by atoms with Gasteiger partial charge in [0.25, 0.3) is 0 Å². The normalized spacial score (nSPS) is 36.9. The highest BCUT2D eigenvalue weighted by atomic mass is 16.3. The van der Waals surface area contributed by atoms with Gasteiger partial charge < -0.3 is 10.8 Å². The molecule has 0 aromatic heterocycles. The number of fused-ring (bicyclic) bond motifs is 1. The van der Waals surface area contributed by atoms with E-state index in [0.717, 1.165) is 44.4 Å². The molecular formula is C18H27NO. The molecule has 1 aromatic carbocycles. The lowest BCUT2D eigenvalue weighted by Gasteiger charge is -2.49. The fourth-order valence-electron chi connectivity index (χ4n) is 4.62. The molecule has 3 rings (SSSR count). The maximum absolute atomic E-state index is 11.4. The zero-order valence-electron chi connectivity index (χ0n) is 12.6. The summed E-state index contributed by atoms with van der Waals surface area (Å²) in [6.45, 7) is 2.83. The quantitative estimate of drug-likeness (QED) is 0.888. The van der Waals surface area contributed by atoms with E-state index in [2.05, 4.69) is 31.2 Å². The fourth-order valence-corrected chi connectivity index (χ4v) is 4.62. The Kier molecular flexibility index (Phi) is 3.64. The lowest BCUT2D eigenvalue weighted by molar-refractivity contribution is -0.0752. The van der Waals surface area contributed by atoms with E-state index in [1.54, 1.807) is 0 Å². The van der Waals surface area contributed by atoms with Crippen LogP contribution in [-0.4, -0.2) is 17.3 Å². The van der Waals surface area contributed by atoms with Crippen molar-refractivity contribution in [2.24, 2.45) is 11.7 Å². The number of aliphatic hydroxyl groups is 1. The van der Waals surface area contributed by atoms with Crippen LogP contribution in [-0.2, 0) is 11.8 Å². The van der Waals surface area contributed by atoms with Crippen LogP contribution in [0, 0.1) is 5.92 Å². The minimum atomic E-state index is -0.597. The molecule has 0 radical (unpaired) electrons. The molecular weight excluding hydrogens is 246 g/mol. The molecule has 1 fully saturated rings. The average Bonchev–Trinajstić information content (AvgIpc) is 2.88. The monoisotopic (exact) mass is 273 g/mol. The molecule has 1 atom stereocenters. The molecule has 2 heteroatoms. The van der Waals surface area contributed by atoms with Crippen molar-refractivity contribution in [3.63, 3.8) is 0 Å². The molecule has 0 aliphatic heterocycles. The molecule has 2 aliphatic carbocycles. The van der Waals surface area contributed by atoms with Gasteiger partial charge >= 0.3 is 0 Å². The molecule has 2 nitrogen and oxygen atoms in total. The molecule has 1 aromatic rings. The van der Waals surface area contributed by atoms with Crippen LogP contribution >= 0.6 is 0 Å². The molecule has 1 saturated carbocycles. The van der Waals surface area contributed by atoms with Crippen LogP contribution in [0.25, 0.3) is 0 Å². The van der Waals surface area contributed by atoms with E-state index in [1.165, 1.54) is 17.5 Å². The van der Waals surface area contributed by atoms with Crippen LogP contribution in [0.1, 0.15) is 56.6 Å². The summed E-state index contributed by atoms with van der Waals surface area (Å²) in [7, 11) is 0. The van der Waals surface area contributed by atoms with Crippen LogP contribution in [0.3, 0.4) is 0 Å². The van der Waals surface area contributed by atoms with Gasteiger partial charge in [0.2, 0.25) is 0 Å². The van der Waals surface area contributed by atoms with Gasteiger partial charge in [-0.3, -0.25) is 0 Å². The average molecular weight is 273 g/mol. The third kappa shape index (κ3) is 1.93. The van der Waals surface area contributed by atoms with Crippen molar-refractivity contribution in [1.82, 2.24) is 0 Å². The SMILES string of the molecule is CCC1CCC(O)(C2(CN)CCc3ccccc32)CC1. The zero-order valence-corrected chi connectivity index (χ0v) is 12.6. The molecule has 3 N–H and O–H groups in total. The lowest BCUT2D eigenvalue weighted by atomic mass is 9.60. The summed E-state index contributed by atoms with van der Waals surface area (Å²) in [6.07, 6.45) is 7.44. The number of benzene rings is 1. The van der Waals surface area contributed by atoms with E-state index in [9.17, 15) is 5.11 Å². The summed E-state index contributed by atoms with van der Waals surface area (Å²) >= 11 is 0. The molecule has 0 amide bonds. The maximum atomic E-state index is 11.4. The molecule has 0 saturated heterocycles. The van der Waals surface area contributed by atoms with E-state index >= 15 is 0 Å². The second-order valence-corrected chi connectivity index (χ2v) is 6.83. The summed E-state index contributed by atoms with van der Waals surface area (Å²) in [5.41, 5.74) is 8.12. The Hall–Kier alpha value is -0.860. The topological polar surface area (TPSA) is 46.2 Å². The van der Waals surface area contributed by atoms with Crippen molar-refractivity contribution in [1.29, 1.82) is 0 Å². The number of nitrogens with two attached hydrogens (primary N) is 1. The van der Waals surface area contributed by atoms with Crippen molar-refractivity contribution < 1.29 is 5.11 Å². The van der Waals surface area contributed by atoms with Crippen LogP contribution in [0.2, 0.25) is 0 Å². The Morgan fingerprint density at radius 1 is 1.20 bits per heavy atom. The van der Waals surface area contributed by atoms with E-state index in [0.29, 0.717) is 6.54 Å². The standard InChI is InChI=1S/C18H27NO/c1-2-14-7-11-18(20,12-8-14)17(13-19)10-9-15-5-3-4-6-16(15)17/h3-6,14,20H,2,7-13,19H2,1H3. The van der Waals surface area contributed by atoms with Gasteiger partial charge in [0, 0.05) is 12.0 Å². The first-order valence-corrected chi connectivity index (χ1v) is 8.16. The fraction of sp³-hybridized carbons (Fsp3) is 0.667. The molecule has 0 spiro atoms. The van der Waals surface area contributed by atoms with Crippen LogP contribution in [0.15, 0.2) is 24.3 Å². The Morgan fingerprint density at radius 3 is 2.55 bits per heavy atom. The van der Waals surface area contributed by atoms with E-state index in [4.69, 9.17) is 5.73 Å². The predicted octanol–water partition coefficient (Wildman–Crippen LogP) is 3.16. The predicted molar refractivity (Wildman–Crippen MR) is 82.7 cm³/mol. The van der Waals surface area contributed by atoms with E-state index in [-0.39, 0.29) is 5.41 Å². The Balaban J connectivity index is 1.95. The third-order valence-electron chi connectivity index (χ3n) is 6.10. The highest BCUT2D eigenvalue weighted by molar-refractivity contribution is 5.43. The summed E-state index contributed by atoms with van der Waals surface area (Å²) in [5.74, 6) is 0.793. The second kappa shape index (κ2) is 5.16. The van der Waals surface area contributed by atoms with Crippen molar-refractivity contribution in [3.8, 4) is 0 Å². The molecule has 0 bridgehead atoms. The van der Waals surface area contributed by atoms with Gasteiger partial charge in [-0.05, 0) is 55.6 Å². The highest BCUT2D eigenvalue weighted by Gasteiger charge is 2.54. The van der Waals surface area contributed by atoms with E-state index in [1.807, 2.05) is 0 Å². The van der Waals surface area contributed by atoms with E-state index < -0.39 is 5.60 Å². The summed E-state index contributed by atoms with van der Waals surface area (Å²) in [6, 6.07) is 8.59. The van der Waals surface area contributed by atoms with Gasteiger partial charge in [-0.25, -0.2) is 0 Å². The lowest BCUT2D eigenvalue weighted by Crippen LogP contribution is -2.56. The maximum Gasteiger partial charge on any atom is 0.0756 e. The van der Waals surface area contributed by atoms with Crippen molar-refractivity contribution >= 4 is 0 Å². The van der Waals surface area contributed by atoms with Crippen LogP contribution in [0.4, 0.5) is 0 Å². The van der Waals surface area contributed by atoms with Gasteiger partial charge in [0.15, 0.2) is 0 Å². The molecule has 2 aliphatic rings. The van der Waals surface area contributed by atoms with Crippen molar-refractivity contribution in [3.05, 3.63) is 35.4 Å². The van der Waals surface area contributed by atoms with Gasteiger partial charge in [-0.15, -0.1) is 0 Å². The molecule has 20 heavy (non-hydrogen) atoms. The number of hydrogen-bond donors (Lipinski definition) is 2. The van der Waals surface area contributed by atoms with Crippen molar-refractivity contribution in [2.45, 2.75) is 62.9 Å². The first kappa shape index (κ1) is 14.1. The zero-order chi connectivity index (χ0) is 14.2. The first-order valence-electron chi connectivity index (χ1n) is 8.16. The number of rotatable bonds is 3. The summed E-state index contributed by atoms with van der Waals surface area (Å²) in [4.78, 5) is 0. The first-order chi connectivity index (χ1) is 9.65. The number of aryl methyl sites for hydroxylation is 1. The highest BCUT2D eigenvalue weighted by Crippen LogP contribution is 2.52. The minimum absolute atomic E-state index is 0.206. The van der Waals surface area contributed by atoms with Gasteiger partial charge in [0.1, 0.15) is 0 Å².